The molecule has 1 atom stereocenters. The number of methoxy groups -OCH3 is 1. The molecule has 0 radical (unpaired) electrons. The van der Waals surface area contributed by atoms with Gasteiger partial charge in [-0.25, -0.2) is 5.43 Å². The van der Waals surface area contributed by atoms with Crippen LogP contribution in [-0.2, 0) is 4.79 Å². The molecule has 6 nitrogen and oxygen atoms in total. The number of rotatable bonds is 4. The van der Waals surface area contributed by atoms with Crippen LogP contribution in [0.4, 0.5) is 5.69 Å². The topological polar surface area (TPSA) is 79.5 Å². The van der Waals surface area contributed by atoms with Crippen molar-refractivity contribution >= 4 is 17.5 Å². The predicted molar refractivity (Wildman–Crippen MR) is 81.4 cm³/mol. The molecule has 2 amide bonds. The van der Waals surface area contributed by atoms with E-state index in [-0.39, 0.29) is 11.8 Å². The first-order valence-electron chi connectivity index (χ1n) is 6.79. The fourth-order valence-corrected chi connectivity index (χ4v) is 2.39. The third-order valence-electron chi connectivity index (χ3n) is 3.47. The van der Waals surface area contributed by atoms with Gasteiger partial charge < -0.3 is 10.1 Å². The lowest BCUT2D eigenvalue weighted by Gasteiger charge is -2.14. The summed E-state index contributed by atoms with van der Waals surface area (Å²) in [6.45, 7) is 0. The maximum absolute atomic E-state index is 12.2. The first kappa shape index (κ1) is 14.1. The number of ether oxygens (including phenoxy) is 1. The number of nitrogens with one attached hydrogen (secondary N) is 3. The zero-order chi connectivity index (χ0) is 15.5. The molecule has 0 spiro atoms. The summed E-state index contributed by atoms with van der Waals surface area (Å²) in [7, 11) is 1.50. The van der Waals surface area contributed by atoms with Crippen molar-refractivity contribution in [3.63, 3.8) is 0 Å². The largest absolute Gasteiger partial charge is 0.496 e. The molecule has 0 aromatic heterocycles. The number of carbonyl (C=O) groups is 2. The van der Waals surface area contributed by atoms with E-state index in [2.05, 4.69) is 16.2 Å². The summed E-state index contributed by atoms with van der Waals surface area (Å²) in [6, 6.07) is 13.6. The second kappa shape index (κ2) is 5.87. The van der Waals surface area contributed by atoms with Crippen LogP contribution in [0.25, 0.3) is 0 Å². The highest BCUT2D eigenvalue weighted by molar-refractivity contribution is 6.03. The van der Waals surface area contributed by atoms with Gasteiger partial charge in [0.05, 0.1) is 12.7 Å². The summed E-state index contributed by atoms with van der Waals surface area (Å²) >= 11 is 0. The Kier molecular flexibility index (Phi) is 3.76. The van der Waals surface area contributed by atoms with Crippen molar-refractivity contribution in [2.75, 3.05) is 12.4 Å². The van der Waals surface area contributed by atoms with Crippen LogP contribution >= 0.6 is 0 Å². The number of hydrogen-bond donors (Lipinski definition) is 3. The number of hydrazine groups is 1. The zero-order valence-electron chi connectivity index (χ0n) is 11.9. The smallest absolute Gasteiger partial charge is 0.269 e. The van der Waals surface area contributed by atoms with Gasteiger partial charge in [-0.2, -0.15) is 0 Å². The molecule has 0 bridgehead atoms. The van der Waals surface area contributed by atoms with E-state index in [1.54, 1.807) is 24.3 Å². The normalized spacial score (nSPS) is 15.9. The summed E-state index contributed by atoms with van der Waals surface area (Å²) in [6.07, 6.45) is 0. The summed E-state index contributed by atoms with van der Waals surface area (Å²) < 4.78 is 5.15. The van der Waals surface area contributed by atoms with E-state index in [4.69, 9.17) is 4.74 Å². The van der Waals surface area contributed by atoms with Crippen LogP contribution in [-0.4, -0.2) is 18.9 Å². The molecule has 22 heavy (non-hydrogen) atoms. The van der Waals surface area contributed by atoms with E-state index in [0.717, 1.165) is 11.3 Å². The summed E-state index contributed by atoms with van der Waals surface area (Å²) in [4.78, 5) is 24.2. The van der Waals surface area contributed by atoms with Gasteiger partial charge in [0.1, 0.15) is 11.8 Å². The van der Waals surface area contributed by atoms with Gasteiger partial charge in [-0.05, 0) is 18.2 Å². The molecule has 0 aliphatic carbocycles. The Hall–Kier alpha value is -2.86. The zero-order valence-corrected chi connectivity index (χ0v) is 11.9. The van der Waals surface area contributed by atoms with Crippen LogP contribution in [0.3, 0.4) is 0 Å². The highest BCUT2D eigenvalue weighted by Crippen LogP contribution is 2.29. The quantitative estimate of drug-likeness (QED) is 0.749. The molecule has 1 unspecified atom stereocenters. The van der Waals surface area contributed by atoms with Crippen LogP contribution in [0.5, 0.6) is 5.75 Å². The molecule has 2 aromatic carbocycles. The van der Waals surface area contributed by atoms with Crippen LogP contribution in [0.1, 0.15) is 22.0 Å². The molecule has 1 aliphatic rings. The Morgan fingerprint density at radius 1 is 1.14 bits per heavy atom. The molecule has 6 heteroatoms. The van der Waals surface area contributed by atoms with Crippen molar-refractivity contribution in [3.05, 3.63) is 59.7 Å². The fourth-order valence-electron chi connectivity index (χ4n) is 2.39. The Bertz CT molecular complexity index is 730. The van der Waals surface area contributed by atoms with E-state index in [9.17, 15) is 9.59 Å². The Morgan fingerprint density at radius 3 is 2.68 bits per heavy atom. The van der Waals surface area contributed by atoms with Crippen LogP contribution < -0.4 is 20.9 Å². The lowest BCUT2D eigenvalue weighted by atomic mass is 10.1. The predicted octanol–water partition coefficient (Wildman–Crippen LogP) is 1.62. The second-order valence-electron chi connectivity index (χ2n) is 4.81. The van der Waals surface area contributed by atoms with Crippen LogP contribution in [0.15, 0.2) is 48.5 Å². The standard InChI is InChI=1S/C16H15N3O3/c1-22-13-9-5-3-7-11(13)15(20)19-18-14-10-6-2-4-8-12(10)17-16(14)21/h2-9,14,18H,1H3,(H,17,21)(H,19,20). The molecule has 0 saturated carbocycles. The minimum atomic E-state index is -0.616. The maximum Gasteiger partial charge on any atom is 0.269 e. The van der Waals surface area contributed by atoms with Crippen LogP contribution in [0, 0.1) is 0 Å². The number of anilines is 1. The van der Waals surface area contributed by atoms with Crippen molar-refractivity contribution < 1.29 is 14.3 Å². The number of hydrogen-bond acceptors (Lipinski definition) is 4. The van der Waals surface area contributed by atoms with Crippen molar-refractivity contribution in [2.24, 2.45) is 0 Å². The van der Waals surface area contributed by atoms with Gasteiger partial charge in [-0.1, -0.05) is 30.3 Å². The van der Waals surface area contributed by atoms with Crippen molar-refractivity contribution in [1.82, 2.24) is 10.9 Å². The fraction of sp³-hybridized carbons (Fsp3) is 0.125. The highest BCUT2D eigenvalue weighted by Gasteiger charge is 2.30. The molecule has 0 saturated heterocycles. The number of carbonyl (C=O) groups excluding carboxylic acids is 2. The molecule has 2 aromatic rings. The Balaban J connectivity index is 1.73. The monoisotopic (exact) mass is 297 g/mol. The maximum atomic E-state index is 12.2. The highest BCUT2D eigenvalue weighted by atomic mass is 16.5. The third-order valence-corrected chi connectivity index (χ3v) is 3.47. The molecule has 1 aliphatic heterocycles. The van der Waals surface area contributed by atoms with Gasteiger partial charge in [0, 0.05) is 11.3 Å². The Labute approximate surface area is 127 Å². The number of fused-ring (bicyclic) bond motifs is 1. The lowest BCUT2D eigenvalue weighted by Crippen LogP contribution is -2.42. The van der Waals surface area contributed by atoms with Crippen LogP contribution in [0.2, 0.25) is 0 Å². The molecular weight excluding hydrogens is 282 g/mol. The molecular formula is C16H15N3O3. The summed E-state index contributed by atoms with van der Waals surface area (Å²) in [5, 5.41) is 2.76. The third kappa shape index (κ3) is 2.51. The lowest BCUT2D eigenvalue weighted by molar-refractivity contribution is -0.117. The average molecular weight is 297 g/mol. The Morgan fingerprint density at radius 2 is 1.86 bits per heavy atom. The van der Waals surface area contributed by atoms with Crippen molar-refractivity contribution in [3.8, 4) is 5.75 Å². The molecule has 3 N–H and O–H groups in total. The van der Waals surface area contributed by atoms with Gasteiger partial charge in [0.2, 0.25) is 5.91 Å². The number of para-hydroxylation sites is 2. The number of benzene rings is 2. The van der Waals surface area contributed by atoms with Gasteiger partial charge >= 0.3 is 0 Å². The van der Waals surface area contributed by atoms with Gasteiger partial charge in [0.25, 0.3) is 5.91 Å². The molecule has 1 heterocycles. The van der Waals surface area contributed by atoms with E-state index in [0.29, 0.717) is 11.3 Å². The van der Waals surface area contributed by atoms with E-state index in [1.165, 1.54) is 7.11 Å². The van der Waals surface area contributed by atoms with Gasteiger partial charge in [-0.15, -0.1) is 0 Å². The van der Waals surface area contributed by atoms with E-state index in [1.807, 2.05) is 24.3 Å². The SMILES string of the molecule is COc1ccccc1C(=O)NNC1C(=O)Nc2ccccc21. The molecule has 112 valence electrons. The molecule has 0 fully saturated rings. The number of amides is 2. The van der Waals surface area contributed by atoms with E-state index >= 15 is 0 Å². The first-order chi connectivity index (χ1) is 10.7. The average Bonchev–Trinajstić information content (AvgIpc) is 2.87. The second-order valence-corrected chi connectivity index (χ2v) is 4.81. The van der Waals surface area contributed by atoms with Crippen molar-refractivity contribution in [1.29, 1.82) is 0 Å². The molecule has 3 rings (SSSR count). The first-order valence-corrected chi connectivity index (χ1v) is 6.79. The summed E-state index contributed by atoms with van der Waals surface area (Å²) in [5.74, 6) is -0.103. The summed E-state index contributed by atoms with van der Waals surface area (Å²) in [5.41, 5.74) is 7.27. The van der Waals surface area contributed by atoms with Crippen molar-refractivity contribution in [2.45, 2.75) is 6.04 Å². The van der Waals surface area contributed by atoms with Gasteiger partial charge in [0.15, 0.2) is 0 Å². The minimum absolute atomic E-state index is 0.207. The minimum Gasteiger partial charge on any atom is -0.496 e. The van der Waals surface area contributed by atoms with Gasteiger partial charge in [-0.3, -0.25) is 15.0 Å². The van der Waals surface area contributed by atoms with E-state index < -0.39 is 6.04 Å².